The first-order valence-corrected chi connectivity index (χ1v) is 7.13. The largest absolute Gasteiger partial charge is 0.351 e. The summed E-state index contributed by atoms with van der Waals surface area (Å²) in [5.41, 5.74) is 0.743. The molecule has 0 N–H and O–H groups in total. The van der Waals surface area contributed by atoms with Crippen LogP contribution in [0.1, 0.15) is 48.5 Å². The standard InChI is InChI=1S/C13H20N2OS/c1-9(2)7-8-15(3)13-14-12-10(16)5-4-6-11(12)17-13/h9H,4-8H2,1-3H3. The van der Waals surface area contributed by atoms with E-state index < -0.39 is 0 Å². The highest BCUT2D eigenvalue weighted by atomic mass is 32.1. The van der Waals surface area contributed by atoms with Gasteiger partial charge in [-0.1, -0.05) is 13.8 Å². The van der Waals surface area contributed by atoms with Crippen LogP contribution < -0.4 is 4.90 Å². The lowest BCUT2D eigenvalue weighted by atomic mass is 10.0. The van der Waals surface area contributed by atoms with Crippen LogP contribution in [-0.4, -0.2) is 24.4 Å². The van der Waals surface area contributed by atoms with E-state index in [0.717, 1.165) is 36.6 Å². The molecule has 3 nitrogen and oxygen atoms in total. The Morgan fingerprint density at radius 2 is 2.18 bits per heavy atom. The zero-order chi connectivity index (χ0) is 12.4. The molecular weight excluding hydrogens is 232 g/mol. The first-order chi connectivity index (χ1) is 8.08. The SMILES string of the molecule is CC(C)CCN(C)c1nc2c(s1)CCCC2=O. The Morgan fingerprint density at radius 3 is 2.82 bits per heavy atom. The Hall–Kier alpha value is -0.900. The Morgan fingerprint density at radius 1 is 1.41 bits per heavy atom. The quantitative estimate of drug-likeness (QED) is 0.825. The number of Topliss-reactive ketones (excluding diaryl/α,β-unsaturated/α-hetero) is 1. The molecule has 0 aromatic carbocycles. The first kappa shape index (κ1) is 12.6. The van der Waals surface area contributed by atoms with Crippen LogP contribution in [0, 0.1) is 5.92 Å². The predicted molar refractivity (Wildman–Crippen MR) is 72.1 cm³/mol. The second kappa shape index (κ2) is 5.17. The molecule has 0 aliphatic heterocycles. The molecule has 0 amide bonds. The van der Waals surface area contributed by atoms with E-state index in [4.69, 9.17) is 0 Å². The fraction of sp³-hybridized carbons (Fsp3) is 0.692. The highest BCUT2D eigenvalue weighted by Gasteiger charge is 2.23. The molecule has 1 aliphatic rings. The Balaban J connectivity index is 2.09. The molecule has 0 unspecified atom stereocenters. The molecule has 0 spiro atoms. The van der Waals surface area contributed by atoms with Crippen LogP contribution in [-0.2, 0) is 6.42 Å². The topological polar surface area (TPSA) is 33.2 Å². The van der Waals surface area contributed by atoms with Crippen molar-refractivity contribution in [2.75, 3.05) is 18.5 Å². The molecule has 0 bridgehead atoms. The van der Waals surface area contributed by atoms with Gasteiger partial charge in [0.2, 0.25) is 0 Å². The van der Waals surface area contributed by atoms with Crippen molar-refractivity contribution in [3.8, 4) is 0 Å². The summed E-state index contributed by atoms with van der Waals surface area (Å²) in [7, 11) is 2.07. The summed E-state index contributed by atoms with van der Waals surface area (Å²) in [6, 6.07) is 0. The number of thiazole rings is 1. The number of ketones is 1. The molecule has 2 rings (SSSR count). The van der Waals surface area contributed by atoms with E-state index in [9.17, 15) is 4.79 Å². The summed E-state index contributed by atoms with van der Waals surface area (Å²) in [4.78, 5) is 19.6. The summed E-state index contributed by atoms with van der Waals surface area (Å²) in [6.45, 7) is 5.47. The number of hydrogen-bond donors (Lipinski definition) is 0. The van der Waals surface area contributed by atoms with E-state index in [0.29, 0.717) is 12.3 Å². The Labute approximate surface area is 107 Å². The van der Waals surface area contributed by atoms with Crippen molar-refractivity contribution in [3.05, 3.63) is 10.6 Å². The van der Waals surface area contributed by atoms with Gasteiger partial charge in [0.1, 0.15) is 5.69 Å². The number of nitrogens with zero attached hydrogens (tertiary/aromatic N) is 2. The van der Waals surface area contributed by atoms with Gasteiger partial charge in [0.15, 0.2) is 10.9 Å². The van der Waals surface area contributed by atoms with Gasteiger partial charge >= 0.3 is 0 Å². The molecule has 0 saturated carbocycles. The van der Waals surface area contributed by atoms with Crippen LogP contribution in [0.15, 0.2) is 0 Å². The Bertz CT molecular complexity index is 412. The normalized spacial score (nSPS) is 15.2. The van der Waals surface area contributed by atoms with Gasteiger partial charge in [0, 0.05) is 24.9 Å². The number of hydrogen-bond acceptors (Lipinski definition) is 4. The molecule has 17 heavy (non-hydrogen) atoms. The summed E-state index contributed by atoms with van der Waals surface area (Å²) >= 11 is 1.69. The van der Waals surface area contributed by atoms with Crippen molar-refractivity contribution in [2.45, 2.75) is 39.5 Å². The van der Waals surface area contributed by atoms with Crippen LogP contribution in [0.4, 0.5) is 5.13 Å². The molecule has 1 aromatic rings. The van der Waals surface area contributed by atoms with Gasteiger partial charge in [-0.15, -0.1) is 11.3 Å². The lowest BCUT2D eigenvalue weighted by molar-refractivity contribution is 0.0968. The van der Waals surface area contributed by atoms with E-state index in [1.54, 1.807) is 11.3 Å². The fourth-order valence-electron chi connectivity index (χ4n) is 1.97. The van der Waals surface area contributed by atoms with Crippen LogP contribution in [0.5, 0.6) is 0 Å². The molecule has 0 radical (unpaired) electrons. The summed E-state index contributed by atoms with van der Waals surface area (Å²) in [5.74, 6) is 0.930. The molecule has 0 fully saturated rings. The number of fused-ring (bicyclic) bond motifs is 1. The smallest absolute Gasteiger partial charge is 0.185 e. The maximum Gasteiger partial charge on any atom is 0.185 e. The molecule has 4 heteroatoms. The zero-order valence-corrected chi connectivity index (χ0v) is 11.6. The van der Waals surface area contributed by atoms with Crippen molar-refractivity contribution >= 4 is 22.3 Å². The minimum absolute atomic E-state index is 0.228. The predicted octanol–water partition coefficient (Wildman–Crippen LogP) is 3.14. The number of anilines is 1. The minimum atomic E-state index is 0.228. The van der Waals surface area contributed by atoms with Crippen LogP contribution in [0.25, 0.3) is 0 Å². The average molecular weight is 252 g/mol. The van der Waals surface area contributed by atoms with Gasteiger partial charge in [-0.3, -0.25) is 4.79 Å². The second-order valence-electron chi connectivity index (χ2n) is 5.15. The van der Waals surface area contributed by atoms with Gasteiger partial charge in [-0.25, -0.2) is 4.98 Å². The minimum Gasteiger partial charge on any atom is -0.351 e. The molecule has 1 aromatic heterocycles. The number of carbonyl (C=O) groups excluding carboxylic acids is 1. The maximum absolute atomic E-state index is 11.7. The molecule has 1 aliphatic carbocycles. The third-order valence-corrected chi connectivity index (χ3v) is 4.36. The number of rotatable bonds is 4. The summed E-state index contributed by atoms with van der Waals surface area (Å²) in [6.07, 6.45) is 3.85. The van der Waals surface area contributed by atoms with Gasteiger partial charge in [0.25, 0.3) is 0 Å². The fourth-order valence-corrected chi connectivity index (χ4v) is 3.07. The third kappa shape index (κ3) is 2.86. The lowest BCUT2D eigenvalue weighted by Gasteiger charge is -2.16. The number of carbonyl (C=O) groups is 1. The van der Waals surface area contributed by atoms with Crippen LogP contribution in [0.3, 0.4) is 0 Å². The van der Waals surface area contributed by atoms with E-state index >= 15 is 0 Å². The molecular formula is C13H20N2OS. The molecule has 0 saturated heterocycles. The van der Waals surface area contributed by atoms with Gasteiger partial charge < -0.3 is 4.90 Å². The lowest BCUT2D eigenvalue weighted by Crippen LogP contribution is -2.19. The van der Waals surface area contributed by atoms with Crippen molar-refractivity contribution < 1.29 is 4.79 Å². The maximum atomic E-state index is 11.7. The Kier molecular flexibility index (Phi) is 3.82. The monoisotopic (exact) mass is 252 g/mol. The van der Waals surface area contributed by atoms with Gasteiger partial charge in [-0.05, 0) is 25.2 Å². The van der Waals surface area contributed by atoms with Crippen LogP contribution >= 0.6 is 11.3 Å². The van der Waals surface area contributed by atoms with Crippen molar-refractivity contribution in [1.82, 2.24) is 4.98 Å². The summed E-state index contributed by atoms with van der Waals surface area (Å²) in [5, 5.41) is 1.01. The van der Waals surface area contributed by atoms with E-state index in [-0.39, 0.29) is 5.78 Å². The molecule has 0 atom stereocenters. The van der Waals surface area contributed by atoms with Gasteiger partial charge in [0.05, 0.1) is 0 Å². The third-order valence-electron chi connectivity index (χ3n) is 3.13. The summed E-state index contributed by atoms with van der Waals surface area (Å²) < 4.78 is 0. The molecule has 94 valence electrons. The zero-order valence-electron chi connectivity index (χ0n) is 10.8. The number of aryl methyl sites for hydroxylation is 1. The average Bonchev–Trinajstić information content (AvgIpc) is 2.71. The first-order valence-electron chi connectivity index (χ1n) is 6.32. The highest BCUT2D eigenvalue weighted by molar-refractivity contribution is 7.16. The van der Waals surface area contributed by atoms with Crippen molar-refractivity contribution in [3.63, 3.8) is 0 Å². The van der Waals surface area contributed by atoms with E-state index in [1.165, 1.54) is 4.88 Å². The van der Waals surface area contributed by atoms with Crippen molar-refractivity contribution in [1.29, 1.82) is 0 Å². The van der Waals surface area contributed by atoms with Gasteiger partial charge in [-0.2, -0.15) is 0 Å². The second-order valence-corrected chi connectivity index (χ2v) is 6.21. The van der Waals surface area contributed by atoms with Crippen molar-refractivity contribution in [2.24, 2.45) is 5.92 Å². The van der Waals surface area contributed by atoms with Crippen LogP contribution in [0.2, 0.25) is 0 Å². The molecule has 1 heterocycles. The number of aromatic nitrogens is 1. The van der Waals surface area contributed by atoms with E-state index in [1.807, 2.05) is 0 Å². The van der Waals surface area contributed by atoms with E-state index in [2.05, 4.69) is 30.8 Å². The highest BCUT2D eigenvalue weighted by Crippen LogP contribution is 2.31.